The summed E-state index contributed by atoms with van der Waals surface area (Å²) in [6.45, 7) is 10.8. The van der Waals surface area contributed by atoms with Crippen molar-refractivity contribution >= 4 is 39.6 Å². The lowest BCUT2D eigenvalue weighted by atomic mass is 10.0. The molecular formula is C27H31N3O2S2. The first-order valence-corrected chi connectivity index (χ1v) is 12.9. The van der Waals surface area contributed by atoms with E-state index in [-0.39, 0.29) is 5.97 Å². The quantitative estimate of drug-likeness (QED) is 0.350. The van der Waals surface area contributed by atoms with Gasteiger partial charge in [-0.3, -0.25) is 4.90 Å². The van der Waals surface area contributed by atoms with Crippen LogP contribution in [0.15, 0.2) is 54.6 Å². The van der Waals surface area contributed by atoms with Crippen LogP contribution in [0, 0.1) is 13.8 Å². The monoisotopic (exact) mass is 493 g/mol. The Morgan fingerprint density at radius 1 is 1.03 bits per heavy atom. The van der Waals surface area contributed by atoms with Gasteiger partial charge in [-0.15, -0.1) is 11.3 Å². The number of hydrogen-bond acceptors (Lipinski definition) is 5. The number of thiophene rings is 1. The zero-order valence-electron chi connectivity index (χ0n) is 20.0. The predicted octanol–water partition coefficient (Wildman–Crippen LogP) is 5.72. The molecule has 1 saturated heterocycles. The Morgan fingerprint density at radius 2 is 1.71 bits per heavy atom. The van der Waals surface area contributed by atoms with E-state index in [1.165, 1.54) is 11.1 Å². The maximum atomic E-state index is 12.9. The molecule has 0 bridgehead atoms. The standard InChI is InChI=1S/C27H31N3O2S2/c1-4-32-26(31)24-23(22-8-6-5-7-9-22)20(3)34-25(24)28-27(33)30-16-14-29(15-17-30)18-21-12-10-19(2)11-13-21/h5-13H,4,14-18H2,1-3H3,(H,28,33). The number of benzene rings is 2. The minimum Gasteiger partial charge on any atom is -0.462 e. The van der Waals surface area contributed by atoms with Crippen molar-refractivity contribution in [3.63, 3.8) is 0 Å². The zero-order chi connectivity index (χ0) is 24.1. The zero-order valence-corrected chi connectivity index (χ0v) is 21.6. The SMILES string of the molecule is CCOC(=O)c1c(NC(=S)N2CCN(Cc3ccc(C)cc3)CC2)sc(C)c1-c1ccccc1. The summed E-state index contributed by atoms with van der Waals surface area (Å²) in [5, 5.41) is 4.78. The van der Waals surface area contributed by atoms with E-state index in [4.69, 9.17) is 17.0 Å². The number of rotatable bonds is 6. The molecule has 0 unspecified atom stereocenters. The van der Waals surface area contributed by atoms with Crippen molar-refractivity contribution in [3.05, 3.63) is 76.2 Å². The van der Waals surface area contributed by atoms with Gasteiger partial charge < -0.3 is 15.0 Å². The lowest BCUT2D eigenvalue weighted by Gasteiger charge is -2.36. The Kier molecular flexibility index (Phi) is 7.98. The van der Waals surface area contributed by atoms with E-state index in [2.05, 4.69) is 46.3 Å². The molecule has 3 aromatic rings. The molecule has 1 aliphatic rings. The van der Waals surface area contributed by atoms with Gasteiger partial charge in [0.1, 0.15) is 10.6 Å². The molecule has 0 amide bonds. The van der Waals surface area contributed by atoms with Crippen LogP contribution in [-0.4, -0.2) is 53.7 Å². The number of anilines is 1. The van der Waals surface area contributed by atoms with E-state index >= 15 is 0 Å². The summed E-state index contributed by atoms with van der Waals surface area (Å²) in [6.07, 6.45) is 0. The largest absolute Gasteiger partial charge is 0.462 e. The van der Waals surface area contributed by atoms with Crippen LogP contribution < -0.4 is 5.32 Å². The summed E-state index contributed by atoms with van der Waals surface area (Å²) in [5.41, 5.74) is 5.10. The van der Waals surface area contributed by atoms with Crippen molar-refractivity contribution in [2.24, 2.45) is 0 Å². The van der Waals surface area contributed by atoms with Crippen LogP contribution in [0.3, 0.4) is 0 Å². The summed E-state index contributed by atoms with van der Waals surface area (Å²) >= 11 is 7.32. The molecule has 0 radical (unpaired) electrons. The Labute approximate surface area is 211 Å². The van der Waals surface area contributed by atoms with Crippen LogP contribution in [0.4, 0.5) is 5.00 Å². The number of aryl methyl sites for hydroxylation is 2. The molecule has 0 saturated carbocycles. The third-order valence-corrected chi connectivity index (χ3v) is 7.41. The maximum Gasteiger partial charge on any atom is 0.341 e. The molecule has 0 atom stereocenters. The molecule has 1 aliphatic heterocycles. The fourth-order valence-electron chi connectivity index (χ4n) is 4.22. The van der Waals surface area contributed by atoms with Crippen LogP contribution in [0.1, 0.15) is 33.3 Å². The number of ether oxygens (including phenoxy) is 1. The third kappa shape index (κ3) is 5.66. The molecular weight excluding hydrogens is 462 g/mol. The smallest absolute Gasteiger partial charge is 0.341 e. The first-order valence-electron chi connectivity index (χ1n) is 11.7. The highest BCUT2D eigenvalue weighted by Crippen LogP contribution is 2.40. The van der Waals surface area contributed by atoms with Gasteiger partial charge in [-0.05, 0) is 44.1 Å². The molecule has 5 nitrogen and oxygen atoms in total. The number of hydrogen-bond donors (Lipinski definition) is 1. The van der Waals surface area contributed by atoms with E-state index in [0.29, 0.717) is 17.3 Å². The first-order chi connectivity index (χ1) is 16.5. The van der Waals surface area contributed by atoms with Crippen LogP contribution in [0.25, 0.3) is 11.1 Å². The first kappa shape index (κ1) is 24.4. The Bertz CT molecular complexity index is 1130. The lowest BCUT2D eigenvalue weighted by Crippen LogP contribution is -2.49. The lowest BCUT2D eigenvalue weighted by molar-refractivity contribution is 0.0529. The van der Waals surface area contributed by atoms with E-state index in [1.807, 2.05) is 44.2 Å². The number of nitrogens with one attached hydrogen (secondary N) is 1. The minimum absolute atomic E-state index is 0.320. The van der Waals surface area contributed by atoms with Gasteiger partial charge in [0, 0.05) is 43.2 Å². The van der Waals surface area contributed by atoms with Gasteiger partial charge in [0.2, 0.25) is 0 Å². The Morgan fingerprint density at radius 3 is 2.35 bits per heavy atom. The van der Waals surface area contributed by atoms with Gasteiger partial charge in [-0.2, -0.15) is 0 Å². The predicted molar refractivity (Wildman–Crippen MR) is 145 cm³/mol. The summed E-state index contributed by atoms with van der Waals surface area (Å²) in [5.74, 6) is -0.320. The molecule has 2 heterocycles. The highest BCUT2D eigenvalue weighted by atomic mass is 32.1. The molecule has 7 heteroatoms. The Balaban J connectivity index is 1.45. The van der Waals surface area contributed by atoms with Crippen molar-refractivity contribution in [2.45, 2.75) is 27.3 Å². The fraction of sp³-hybridized carbons (Fsp3) is 0.333. The van der Waals surface area contributed by atoms with Crippen molar-refractivity contribution in [3.8, 4) is 11.1 Å². The van der Waals surface area contributed by atoms with Gasteiger partial charge in [0.25, 0.3) is 0 Å². The van der Waals surface area contributed by atoms with Crippen molar-refractivity contribution in [2.75, 3.05) is 38.1 Å². The van der Waals surface area contributed by atoms with E-state index in [0.717, 1.165) is 53.7 Å². The van der Waals surface area contributed by atoms with Gasteiger partial charge in [0.15, 0.2) is 5.11 Å². The highest BCUT2D eigenvalue weighted by molar-refractivity contribution is 7.80. The number of esters is 1. The van der Waals surface area contributed by atoms with E-state index < -0.39 is 0 Å². The van der Waals surface area contributed by atoms with E-state index in [9.17, 15) is 4.79 Å². The molecule has 34 heavy (non-hydrogen) atoms. The number of piperazine rings is 1. The van der Waals surface area contributed by atoms with Crippen LogP contribution >= 0.6 is 23.6 Å². The average Bonchev–Trinajstić information content (AvgIpc) is 3.17. The summed E-state index contributed by atoms with van der Waals surface area (Å²) in [6, 6.07) is 18.7. The van der Waals surface area contributed by atoms with Gasteiger partial charge in [0.05, 0.1) is 6.61 Å². The normalized spacial score (nSPS) is 14.1. The molecule has 0 spiro atoms. The van der Waals surface area contributed by atoms with Gasteiger partial charge in [-0.1, -0.05) is 60.2 Å². The number of carbonyl (C=O) groups is 1. The van der Waals surface area contributed by atoms with E-state index in [1.54, 1.807) is 11.3 Å². The summed E-state index contributed by atoms with van der Waals surface area (Å²) < 4.78 is 5.41. The number of nitrogens with zero attached hydrogens (tertiary/aromatic N) is 2. The van der Waals surface area contributed by atoms with Crippen LogP contribution in [-0.2, 0) is 11.3 Å². The number of thiocarbonyl (C=S) groups is 1. The van der Waals surface area contributed by atoms with Crippen molar-refractivity contribution in [1.82, 2.24) is 9.80 Å². The summed E-state index contributed by atoms with van der Waals surface area (Å²) in [4.78, 5) is 18.6. The second kappa shape index (κ2) is 11.1. The molecule has 178 valence electrons. The van der Waals surface area contributed by atoms with Crippen LogP contribution in [0.2, 0.25) is 0 Å². The van der Waals surface area contributed by atoms with Crippen molar-refractivity contribution < 1.29 is 9.53 Å². The second-order valence-corrected chi connectivity index (χ2v) is 10.1. The van der Waals surface area contributed by atoms with Gasteiger partial charge >= 0.3 is 5.97 Å². The second-order valence-electron chi connectivity index (χ2n) is 8.50. The fourth-order valence-corrected chi connectivity index (χ4v) is 5.63. The van der Waals surface area contributed by atoms with Crippen LogP contribution in [0.5, 0.6) is 0 Å². The molecule has 0 aliphatic carbocycles. The molecule has 2 aromatic carbocycles. The molecule has 1 N–H and O–H groups in total. The van der Waals surface area contributed by atoms with Crippen molar-refractivity contribution in [1.29, 1.82) is 0 Å². The molecule has 1 fully saturated rings. The molecule has 1 aromatic heterocycles. The summed E-state index contributed by atoms with van der Waals surface area (Å²) in [7, 11) is 0. The number of carbonyl (C=O) groups excluding carboxylic acids is 1. The molecule has 4 rings (SSSR count). The maximum absolute atomic E-state index is 12.9. The minimum atomic E-state index is -0.320. The highest BCUT2D eigenvalue weighted by Gasteiger charge is 2.26. The third-order valence-electron chi connectivity index (χ3n) is 6.03. The topological polar surface area (TPSA) is 44.8 Å². The Hall–Kier alpha value is -2.74. The average molecular weight is 494 g/mol. The van der Waals surface area contributed by atoms with Gasteiger partial charge in [-0.25, -0.2) is 4.79 Å².